The number of hydrogen-bond acceptors (Lipinski definition) is 8. The summed E-state index contributed by atoms with van der Waals surface area (Å²) in [5, 5.41) is 6.07. The number of nitrogens with zero attached hydrogens (tertiary/aromatic N) is 5. The maximum atomic E-state index is 13.7. The van der Waals surface area contributed by atoms with Gasteiger partial charge in [-0.2, -0.15) is 4.98 Å². The highest BCUT2D eigenvalue weighted by atomic mass is 32.2. The van der Waals surface area contributed by atoms with E-state index in [2.05, 4.69) is 15.1 Å². The molecule has 0 amide bonds. The van der Waals surface area contributed by atoms with Gasteiger partial charge in [0, 0.05) is 49.2 Å². The third-order valence-corrected chi connectivity index (χ3v) is 8.59. The van der Waals surface area contributed by atoms with Crippen LogP contribution in [0.5, 0.6) is 0 Å². The van der Waals surface area contributed by atoms with E-state index in [-0.39, 0.29) is 11.6 Å². The number of fused-ring (bicyclic) bond motifs is 1. The molecule has 0 radical (unpaired) electrons. The minimum absolute atomic E-state index is 0.264. The Morgan fingerprint density at radius 1 is 0.917 bits per heavy atom. The van der Waals surface area contributed by atoms with Gasteiger partial charge in [0.2, 0.25) is 10.8 Å². The molecule has 36 heavy (non-hydrogen) atoms. The number of halogens is 2. The molecule has 1 atom stereocenters. The third-order valence-electron chi connectivity index (χ3n) is 6.23. The fraction of sp³-hybridized carbons (Fsp3) is 0.240. The summed E-state index contributed by atoms with van der Waals surface area (Å²) >= 11 is 0.388. The number of aromatic nitrogens is 3. The molecular formula is C25H22F2N6OS2. The van der Waals surface area contributed by atoms with E-state index in [9.17, 15) is 13.3 Å². The van der Waals surface area contributed by atoms with Crippen LogP contribution in [-0.2, 0) is 17.6 Å². The molecular weight excluding hydrogens is 502 g/mol. The summed E-state index contributed by atoms with van der Waals surface area (Å²) in [7, 11) is 0. The van der Waals surface area contributed by atoms with Crippen molar-refractivity contribution < 1.29 is 13.3 Å². The van der Waals surface area contributed by atoms with E-state index in [1.165, 1.54) is 24.3 Å². The highest BCUT2D eigenvalue weighted by Crippen LogP contribution is 2.34. The van der Waals surface area contributed by atoms with Crippen molar-refractivity contribution >= 4 is 45.1 Å². The SMILES string of the molecule is [O-][S+]1CCc2nc(N3CCN(c4nc(-c5ccc(F)cc5)cs4)CC3)nc(Nc3cccc(F)c3)c21. The number of rotatable bonds is 5. The summed E-state index contributed by atoms with van der Waals surface area (Å²) in [5.41, 5.74) is 3.06. The van der Waals surface area contributed by atoms with Crippen LogP contribution in [0.3, 0.4) is 0 Å². The zero-order valence-corrected chi connectivity index (χ0v) is 20.8. The topological polar surface area (TPSA) is 80.2 Å². The van der Waals surface area contributed by atoms with Crippen LogP contribution in [0.4, 0.5) is 31.4 Å². The molecule has 0 bridgehead atoms. The van der Waals surface area contributed by atoms with E-state index in [1.807, 2.05) is 5.38 Å². The van der Waals surface area contributed by atoms with E-state index >= 15 is 0 Å². The van der Waals surface area contributed by atoms with Gasteiger partial charge in [-0.25, -0.2) is 18.7 Å². The van der Waals surface area contributed by atoms with Crippen LogP contribution in [0.25, 0.3) is 11.3 Å². The molecule has 184 valence electrons. The number of thiazole rings is 1. The zero-order valence-electron chi connectivity index (χ0n) is 19.2. The van der Waals surface area contributed by atoms with Crippen molar-refractivity contribution in [1.82, 2.24) is 15.0 Å². The molecule has 4 heterocycles. The Balaban J connectivity index is 1.19. The fourth-order valence-electron chi connectivity index (χ4n) is 4.37. The van der Waals surface area contributed by atoms with E-state index in [4.69, 9.17) is 15.0 Å². The molecule has 1 N–H and O–H groups in total. The van der Waals surface area contributed by atoms with Crippen LogP contribution < -0.4 is 15.1 Å². The molecule has 1 saturated heterocycles. The Morgan fingerprint density at radius 2 is 1.69 bits per heavy atom. The third kappa shape index (κ3) is 4.61. The molecule has 0 aliphatic carbocycles. The molecule has 4 aromatic rings. The van der Waals surface area contributed by atoms with E-state index in [1.54, 1.807) is 35.6 Å². The zero-order chi connectivity index (χ0) is 24.6. The van der Waals surface area contributed by atoms with Crippen LogP contribution in [0, 0.1) is 11.6 Å². The largest absolute Gasteiger partial charge is 0.611 e. The normalized spacial score (nSPS) is 17.4. The van der Waals surface area contributed by atoms with Crippen LogP contribution in [-0.4, -0.2) is 51.4 Å². The highest BCUT2D eigenvalue weighted by Gasteiger charge is 2.33. The van der Waals surface area contributed by atoms with E-state index in [0.29, 0.717) is 47.6 Å². The Bertz CT molecular complexity index is 1390. The first-order valence-corrected chi connectivity index (χ1v) is 13.8. The number of anilines is 4. The lowest BCUT2D eigenvalue weighted by molar-refractivity contribution is 0.598. The Labute approximate surface area is 214 Å². The molecule has 2 aliphatic rings. The fourth-order valence-corrected chi connectivity index (χ4v) is 6.57. The lowest BCUT2D eigenvalue weighted by atomic mass is 10.2. The molecule has 0 saturated carbocycles. The van der Waals surface area contributed by atoms with E-state index in [0.717, 1.165) is 35.2 Å². The quantitative estimate of drug-likeness (QED) is 0.382. The van der Waals surface area contributed by atoms with Crippen molar-refractivity contribution in [2.75, 3.05) is 47.0 Å². The maximum absolute atomic E-state index is 13.7. The van der Waals surface area contributed by atoms with Crippen molar-refractivity contribution in [3.8, 4) is 11.3 Å². The van der Waals surface area contributed by atoms with E-state index < -0.39 is 11.2 Å². The smallest absolute Gasteiger partial charge is 0.228 e. The van der Waals surface area contributed by atoms with Gasteiger partial charge in [-0.1, -0.05) is 6.07 Å². The number of piperazine rings is 1. The van der Waals surface area contributed by atoms with Crippen LogP contribution in [0.15, 0.2) is 58.8 Å². The maximum Gasteiger partial charge on any atom is 0.228 e. The van der Waals surface area contributed by atoms with Gasteiger partial charge >= 0.3 is 0 Å². The number of hydrogen-bond donors (Lipinski definition) is 1. The second kappa shape index (κ2) is 9.64. The summed E-state index contributed by atoms with van der Waals surface area (Å²) < 4.78 is 39.6. The van der Waals surface area contributed by atoms with Gasteiger partial charge in [-0.3, -0.25) is 0 Å². The minimum Gasteiger partial charge on any atom is -0.611 e. The molecule has 2 aromatic carbocycles. The summed E-state index contributed by atoms with van der Waals surface area (Å²) in [4.78, 5) is 19.2. The molecule has 2 aliphatic heterocycles. The lowest BCUT2D eigenvalue weighted by Gasteiger charge is -2.34. The van der Waals surface area contributed by atoms with Crippen molar-refractivity contribution in [2.45, 2.75) is 11.3 Å². The van der Waals surface area contributed by atoms with Gasteiger partial charge in [0.05, 0.1) is 5.69 Å². The first-order chi connectivity index (χ1) is 17.5. The predicted octanol–water partition coefficient (Wildman–Crippen LogP) is 4.61. The summed E-state index contributed by atoms with van der Waals surface area (Å²) in [5.74, 6) is 0.951. The summed E-state index contributed by atoms with van der Waals surface area (Å²) in [6.07, 6.45) is 0.626. The summed E-state index contributed by atoms with van der Waals surface area (Å²) in [6.45, 7) is 2.89. The molecule has 7 nitrogen and oxygen atoms in total. The number of nitrogens with one attached hydrogen (secondary N) is 1. The van der Waals surface area contributed by atoms with Crippen molar-refractivity contribution in [2.24, 2.45) is 0 Å². The number of benzene rings is 2. The molecule has 0 spiro atoms. The molecule has 2 aromatic heterocycles. The summed E-state index contributed by atoms with van der Waals surface area (Å²) in [6, 6.07) is 12.5. The Morgan fingerprint density at radius 3 is 2.47 bits per heavy atom. The van der Waals surface area contributed by atoms with Gasteiger partial charge in [0.1, 0.15) is 23.1 Å². The molecule has 1 unspecified atom stereocenters. The van der Waals surface area contributed by atoms with Gasteiger partial charge in [0.15, 0.2) is 10.9 Å². The highest BCUT2D eigenvalue weighted by molar-refractivity contribution is 7.91. The van der Waals surface area contributed by atoms with Crippen molar-refractivity contribution in [1.29, 1.82) is 0 Å². The standard InChI is InChI=1S/C25H22F2N6OS2/c26-17-6-4-16(5-7-17)21-15-35-25(30-21)33-11-9-32(10-12-33)24-29-20-8-13-36(34)22(20)23(31-24)28-19-3-1-2-18(27)14-19/h1-7,14-15H,8-13H2,(H,28,29,31). The Kier molecular flexibility index (Phi) is 6.20. The van der Waals surface area contributed by atoms with Gasteiger partial charge in [-0.05, 0) is 53.6 Å². The average molecular weight is 525 g/mol. The minimum atomic E-state index is -1.18. The molecule has 6 rings (SSSR count). The van der Waals surface area contributed by atoms with Crippen LogP contribution in [0.1, 0.15) is 5.69 Å². The van der Waals surface area contributed by atoms with Crippen molar-refractivity contribution in [3.63, 3.8) is 0 Å². The molecule has 1 fully saturated rings. The van der Waals surface area contributed by atoms with Crippen LogP contribution >= 0.6 is 11.3 Å². The Hall–Kier alpha value is -3.28. The van der Waals surface area contributed by atoms with Crippen LogP contribution in [0.2, 0.25) is 0 Å². The number of aryl methyl sites for hydroxylation is 1. The second-order valence-corrected chi connectivity index (χ2v) is 10.9. The predicted molar refractivity (Wildman–Crippen MR) is 139 cm³/mol. The second-order valence-electron chi connectivity index (χ2n) is 8.58. The first kappa shape index (κ1) is 23.1. The van der Waals surface area contributed by atoms with Gasteiger partial charge < -0.3 is 19.7 Å². The van der Waals surface area contributed by atoms with Gasteiger partial charge in [0.25, 0.3) is 0 Å². The monoisotopic (exact) mass is 524 g/mol. The molecule has 11 heteroatoms. The lowest BCUT2D eigenvalue weighted by Crippen LogP contribution is -2.47. The first-order valence-electron chi connectivity index (χ1n) is 11.6. The van der Waals surface area contributed by atoms with Crippen molar-refractivity contribution in [3.05, 3.63) is 71.2 Å². The average Bonchev–Trinajstić information content (AvgIpc) is 3.52. The van der Waals surface area contributed by atoms with Gasteiger partial charge in [-0.15, -0.1) is 11.3 Å².